The molecule has 0 spiro atoms. The molecule has 0 aromatic heterocycles. The molecule has 1 atom stereocenters. The minimum absolute atomic E-state index is 0.0511. The third-order valence-corrected chi connectivity index (χ3v) is 3.44. The number of benzene rings is 1. The first-order chi connectivity index (χ1) is 9.36. The van der Waals surface area contributed by atoms with Gasteiger partial charge >= 0.3 is 5.97 Å². The van der Waals surface area contributed by atoms with Gasteiger partial charge in [-0.05, 0) is 24.8 Å². The van der Waals surface area contributed by atoms with Crippen LogP contribution in [0.2, 0.25) is 0 Å². The molecule has 0 radical (unpaired) electrons. The average molecular weight is 277 g/mol. The molecule has 0 heterocycles. The molecule has 1 aromatic carbocycles. The van der Waals surface area contributed by atoms with Crippen molar-refractivity contribution in [2.45, 2.75) is 39.0 Å². The first kappa shape index (κ1) is 16.2. The monoisotopic (exact) mass is 277 g/mol. The molecule has 0 bridgehead atoms. The number of hydrogen-bond donors (Lipinski definition) is 2. The minimum Gasteiger partial charge on any atom is -0.481 e. The van der Waals surface area contributed by atoms with Gasteiger partial charge in [-0.3, -0.25) is 9.59 Å². The smallest absolute Gasteiger partial charge is 0.314 e. The maximum absolute atomic E-state index is 11.9. The fourth-order valence-electron chi connectivity index (χ4n) is 1.99. The van der Waals surface area contributed by atoms with Gasteiger partial charge in [-0.1, -0.05) is 44.2 Å². The Bertz CT molecular complexity index is 456. The highest BCUT2D eigenvalue weighted by atomic mass is 16.4. The summed E-state index contributed by atoms with van der Waals surface area (Å²) in [6.07, 6.45) is 0.839. The quantitative estimate of drug-likeness (QED) is 0.805. The summed E-state index contributed by atoms with van der Waals surface area (Å²) in [4.78, 5) is 23.5. The molecule has 20 heavy (non-hydrogen) atoms. The van der Waals surface area contributed by atoms with E-state index in [9.17, 15) is 14.7 Å². The van der Waals surface area contributed by atoms with Gasteiger partial charge in [0.1, 0.15) is 0 Å². The highest BCUT2D eigenvalue weighted by Gasteiger charge is 2.37. The van der Waals surface area contributed by atoms with Crippen molar-refractivity contribution in [3.8, 4) is 0 Å². The predicted octanol–water partition coefficient (Wildman–Crippen LogP) is 2.58. The van der Waals surface area contributed by atoms with Crippen LogP contribution in [-0.2, 0) is 15.0 Å². The average Bonchev–Trinajstić information content (AvgIpc) is 2.38. The van der Waals surface area contributed by atoms with Crippen LogP contribution in [0.5, 0.6) is 0 Å². The summed E-state index contributed by atoms with van der Waals surface area (Å²) < 4.78 is 0. The molecule has 0 aliphatic rings. The second-order valence-corrected chi connectivity index (χ2v) is 5.71. The molecule has 0 fully saturated rings. The van der Waals surface area contributed by atoms with Crippen molar-refractivity contribution in [3.05, 3.63) is 35.9 Å². The molecule has 1 aromatic rings. The number of carboxylic acids is 1. The van der Waals surface area contributed by atoms with Crippen LogP contribution in [0.25, 0.3) is 0 Å². The van der Waals surface area contributed by atoms with Crippen LogP contribution in [0.4, 0.5) is 0 Å². The summed E-state index contributed by atoms with van der Waals surface area (Å²) in [5, 5.41) is 12.3. The molecule has 1 amide bonds. The zero-order valence-electron chi connectivity index (χ0n) is 12.3. The van der Waals surface area contributed by atoms with Crippen LogP contribution in [-0.4, -0.2) is 23.5 Å². The summed E-state index contributed by atoms with van der Waals surface area (Å²) in [7, 11) is 0. The van der Waals surface area contributed by atoms with Crippen LogP contribution in [0.15, 0.2) is 30.3 Å². The third kappa shape index (κ3) is 4.37. The lowest BCUT2D eigenvalue weighted by Crippen LogP contribution is -2.39. The normalized spacial score (nSPS) is 13.8. The van der Waals surface area contributed by atoms with E-state index in [-0.39, 0.29) is 12.3 Å². The Hall–Kier alpha value is -1.84. The van der Waals surface area contributed by atoms with E-state index in [0.717, 1.165) is 6.42 Å². The highest BCUT2D eigenvalue weighted by molar-refractivity contribution is 5.89. The second-order valence-electron chi connectivity index (χ2n) is 5.71. The third-order valence-electron chi connectivity index (χ3n) is 3.44. The number of aliphatic carboxylic acids is 1. The lowest BCUT2D eigenvalue weighted by Gasteiger charge is -2.24. The lowest BCUT2D eigenvalue weighted by atomic mass is 9.79. The van der Waals surface area contributed by atoms with Gasteiger partial charge in [0.2, 0.25) is 5.91 Å². The first-order valence-electron chi connectivity index (χ1n) is 6.92. The van der Waals surface area contributed by atoms with Crippen molar-refractivity contribution in [3.63, 3.8) is 0 Å². The van der Waals surface area contributed by atoms with Crippen molar-refractivity contribution in [2.24, 2.45) is 5.92 Å². The summed E-state index contributed by atoms with van der Waals surface area (Å²) in [5.74, 6) is -0.697. The van der Waals surface area contributed by atoms with Crippen molar-refractivity contribution in [2.75, 3.05) is 6.54 Å². The van der Waals surface area contributed by atoms with E-state index >= 15 is 0 Å². The van der Waals surface area contributed by atoms with Gasteiger partial charge in [-0.2, -0.15) is 0 Å². The zero-order valence-corrected chi connectivity index (χ0v) is 12.3. The maximum Gasteiger partial charge on any atom is 0.314 e. The van der Waals surface area contributed by atoms with E-state index in [1.165, 1.54) is 0 Å². The van der Waals surface area contributed by atoms with Crippen LogP contribution in [0, 0.1) is 5.92 Å². The minimum atomic E-state index is -1.19. The van der Waals surface area contributed by atoms with Crippen molar-refractivity contribution < 1.29 is 14.7 Å². The van der Waals surface area contributed by atoms with Gasteiger partial charge in [0.25, 0.3) is 0 Å². The van der Waals surface area contributed by atoms with Crippen LogP contribution < -0.4 is 5.32 Å². The highest BCUT2D eigenvalue weighted by Crippen LogP contribution is 2.27. The molecular formula is C16H23NO3. The summed E-state index contributed by atoms with van der Waals surface area (Å²) in [6, 6.07) is 8.89. The molecule has 0 saturated heterocycles. The molecule has 0 aliphatic heterocycles. The molecule has 110 valence electrons. The number of carbonyl (C=O) groups excluding carboxylic acids is 1. The van der Waals surface area contributed by atoms with Crippen molar-refractivity contribution in [1.29, 1.82) is 0 Å². The van der Waals surface area contributed by atoms with Crippen molar-refractivity contribution in [1.82, 2.24) is 5.32 Å². The number of nitrogens with one attached hydrogen (secondary N) is 1. The number of hydrogen-bond acceptors (Lipinski definition) is 2. The van der Waals surface area contributed by atoms with Crippen LogP contribution >= 0.6 is 0 Å². The van der Waals surface area contributed by atoms with Gasteiger partial charge in [0.15, 0.2) is 0 Å². The SMILES string of the molecule is CC(C)CCNC(=O)CC(C)(C(=O)O)c1ccccc1. The van der Waals surface area contributed by atoms with E-state index in [2.05, 4.69) is 19.2 Å². The second kappa shape index (κ2) is 7.08. The van der Waals surface area contributed by atoms with Gasteiger partial charge in [0, 0.05) is 13.0 Å². The Morgan fingerprint density at radius 3 is 2.35 bits per heavy atom. The molecule has 0 saturated carbocycles. The van der Waals surface area contributed by atoms with Gasteiger partial charge in [-0.15, -0.1) is 0 Å². The number of carboxylic acid groups (broad SMARTS) is 1. The molecule has 1 unspecified atom stereocenters. The molecular weight excluding hydrogens is 254 g/mol. The number of rotatable bonds is 7. The fourth-order valence-corrected chi connectivity index (χ4v) is 1.99. The first-order valence-corrected chi connectivity index (χ1v) is 6.92. The van der Waals surface area contributed by atoms with Gasteiger partial charge < -0.3 is 10.4 Å². The maximum atomic E-state index is 11.9. The van der Waals surface area contributed by atoms with E-state index < -0.39 is 11.4 Å². The Balaban J connectivity index is 2.73. The topological polar surface area (TPSA) is 66.4 Å². The zero-order chi connectivity index (χ0) is 15.2. The van der Waals surface area contributed by atoms with Gasteiger partial charge in [-0.25, -0.2) is 0 Å². The lowest BCUT2D eigenvalue weighted by molar-refractivity contribution is -0.145. The van der Waals surface area contributed by atoms with Crippen LogP contribution in [0.3, 0.4) is 0 Å². The van der Waals surface area contributed by atoms with E-state index in [0.29, 0.717) is 18.0 Å². The molecule has 2 N–H and O–H groups in total. The Morgan fingerprint density at radius 1 is 1.25 bits per heavy atom. The molecule has 4 nitrogen and oxygen atoms in total. The summed E-state index contributed by atoms with van der Waals surface area (Å²) in [6.45, 7) is 6.34. The Morgan fingerprint density at radius 2 is 1.85 bits per heavy atom. The standard InChI is InChI=1S/C16H23NO3/c1-12(2)9-10-17-14(18)11-16(3,15(19)20)13-7-5-4-6-8-13/h4-8,12H,9-11H2,1-3H3,(H,17,18)(H,19,20). The molecule has 0 aliphatic carbocycles. The summed E-state index contributed by atoms with van der Waals surface area (Å²) >= 11 is 0. The fraction of sp³-hybridized carbons (Fsp3) is 0.500. The largest absolute Gasteiger partial charge is 0.481 e. The van der Waals surface area contributed by atoms with Crippen molar-refractivity contribution >= 4 is 11.9 Å². The molecule has 4 heteroatoms. The Kier molecular flexibility index (Phi) is 5.74. The summed E-state index contributed by atoms with van der Waals surface area (Å²) in [5.41, 5.74) is -0.546. The number of amides is 1. The predicted molar refractivity (Wildman–Crippen MR) is 78.5 cm³/mol. The van der Waals surface area contributed by atoms with Crippen LogP contribution in [0.1, 0.15) is 39.2 Å². The Labute approximate surface area is 120 Å². The van der Waals surface area contributed by atoms with Gasteiger partial charge in [0.05, 0.1) is 5.41 Å². The van der Waals surface area contributed by atoms with E-state index in [1.54, 1.807) is 31.2 Å². The molecule has 1 rings (SSSR count). The van der Waals surface area contributed by atoms with E-state index in [1.807, 2.05) is 6.07 Å². The van der Waals surface area contributed by atoms with E-state index in [4.69, 9.17) is 0 Å². The number of carbonyl (C=O) groups is 2.